The Labute approximate surface area is 104 Å². The van der Waals surface area contributed by atoms with Crippen LogP contribution in [0.4, 0.5) is 5.82 Å². The average Bonchev–Trinajstić information content (AvgIpc) is 2.83. The third kappa shape index (κ3) is 1.97. The van der Waals surface area contributed by atoms with Gasteiger partial charge in [0.05, 0.1) is 0 Å². The van der Waals surface area contributed by atoms with Crippen LogP contribution in [0.5, 0.6) is 0 Å². The molecule has 0 bridgehead atoms. The molecule has 17 heavy (non-hydrogen) atoms. The molecule has 0 atom stereocenters. The standard InChI is InChI=1S/C15H22N2/c1-4-13-9-10-14(16-3)17(13)15(5-2)11-7-6-8-12-15/h4,9-10H,1,3,5-8,11-12H2,2H3. The topological polar surface area (TPSA) is 17.3 Å². The number of rotatable bonds is 4. The summed E-state index contributed by atoms with van der Waals surface area (Å²) in [4.78, 5) is 4.17. The van der Waals surface area contributed by atoms with E-state index in [1.165, 1.54) is 37.8 Å². The summed E-state index contributed by atoms with van der Waals surface area (Å²) >= 11 is 0. The molecule has 0 aliphatic heterocycles. The molecule has 0 N–H and O–H groups in total. The number of hydrogen-bond donors (Lipinski definition) is 0. The molecule has 1 aromatic heterocycles. The van der Waals surface area contributed by atoms with Crippen molar-refractivity contribution in [2.45, 2.75) is 51.0 Å². The molecule has 0 amide bonds. The maximum Gasteiger partial charge on any atom is 0.132 e. The van der Waals surface area contributed by atoms with Crippen molar-refractivity contribution in [3.8, 4) is 0 Å². The molecule has 2 rings (SSSR count). The normalized spacial score (nSPS) is 18.9. The molecule has 1 heterocycles. The molecule has 0 aromatic carbocycles. The highest BCUT2D eigenvalue weighted by Gasteiger charge is 2.34. The van der Waals surface area contributed by atoms with Crippen LogP contribution in [-0.4, -0.2) is 11.3 Å². The summed E-state index contributed by atoms with van der Waals surface area (Å²) < 4.78 is 2.37. The van der Waals surface area contributed by atoms with Gasteiger partial charge in [0.1, 0.15) is 5.82 Å². The van der Waals surface area contributed by atoms with E-state index in [2.05, 4.69) is 41.9 Å². The van der Waals surface area contributed by atoms with Crippen LogP contribution in [0.25, 0.3) is 6.08 Å². The Kier molecular flexibility index (Phi) is 3.51. The van der Waals surface area contributed by atoms with E-state index in [9.17, 15) is 0 Å². The van der Waals surface area contributed by atoms with Crippen LogP contribution < -0.4 is 0 Å². The van der Waals surface area contributed by atoms with Gasteiger partial charge in [0.15, 0.2) is 0 Å². The van der Waals surface area contributed by atoms with Gasteiger partial charge in [-0.25, -0.2) is 4.99 Å². The Balaban J connectivity index is 2.51. The van der Waals surface area contributed by atoms with Gasteiger partial charge in [-0.2, -0.15) is 0 Å². The average molecular weight is 230 g/mol. The maximum atomic E-state index is 4.17. The Morgan fingerprint density at radius 1 is 1.35 bits per heavy atom. The van der Waals surface area contributed by atoms with Crippen molar-refractivity contribution in [1.82, 2.24) is 4.57 Å². The van der Waals surface area contributed by atoms with E-state index in [0.29, 0.717) is 0 Å². The van der Waals surface area contributed by atoms with Crippen LogP contribution in [0.1, 0.15) is 51.1 Å². The summed E-state index contributed by atoms with van der Waals surface area (Å²) in [6.07, 6.45) is 9.59. The van der Waals surface area contributed by atoms with Crippen molar-refractivity contribution >= 4 is 18.6 Å². The first-order valence-electron chi connectivity index (χ1n) is 6.59. The first kappa shape index (κ1) is 12.2. The van der Waals surface area contributed by atoms with E-state index >= 15 is 0 Å². The van der Waals surface area contributed by atoms with Crippen molar-refractivity contribution in [3.05, 3.63) is 24.4 Å². The van der Waals surface area contributed by atoms with Gasteiger partial charge in [-0.15, -0.1) is 0 Å². The van der Waals surface area contributed by atoms with Gasteiger partial charge in [0.2, 0.25) is 0 Å². The van der Waals surface area contributed by atoms with Gasteiger partial charge in [0, 0.05) is 11.2 Å². The van der Waals surface area contributed by atoms with E-state index in [1.54, 1.807) is 0 Å². The number of hydrogen-bond acceptors (Lipinski definition) is 1. The largest absolute Gasteiger partial charge is 0.320 e. The zero-order chi connectivity index (χ0) is 12.3. The Bertz CT molecular complexity index is 383. The van der Waals surface area contributed by atoms with E-state index in [0.717, 1.165) is 12.2 Å². The summed E-state index contributed by atoms with van der Waals surface area (Å²) in [5.74, 6) is 0.989. The molecule has 0 unspecified atom stereocenters. The highest BCUT2D eigenvalue weighted by Crippen LogP contribution is 2.42. The lowest BCUT2D eigenvalue weighted by molar-refractivity contribution is 0.187. The molecule has 1 saturated carbocycles. The smallest absolute Gasteiger partial charge is 0.132 e. The van der Waals surface area contributed by atoms with Crippen LogP contribution in [0.3, 0.4) is 0 Å². The molecule has 2 heteroatoms. The summed E-state index contributed by atoms with van der Waals surface area (Å²) in [6.45, 7) is 9.89. The van der Waals surface area contributed by atoms with Crippen LogP contribution in [0.2, 0.25) is 0 Å². The minimum Gasteiger partial charge on any atom is -0.320 e. The zero-order valence-corrected chi connectivity index (χ0v) is 10.8. The Morgan fingerprint density at radius 3 is 2.59 bits per heavy atom. The first-order chi connectivity index (χ1) is 8.27. The maximum absolute atomic E-state index is 4.17. The fraction of sp³-hybridized carbons (Fsp3) is 0.533. The van der Waals surface area contributed by atoms with Crippen LogP contribution >= 0.6 is 0 Å². The molecule has 0 saturated heterocycles. The van der Waals surface area contributed by atoms with Crippen molar-refractivity contribution < 1.29 is 0 Å². The molecular weight excluding hydrogens is 208 g/mol. The second-order valence-electron chi connectivity index (χ2n) is 4.95. The second kappa shape index (κ2) is 4.91. The first-order valence-corrected chi connectivity index (χ1v) is 6.59. The van der Waals surface area contributed by atoms with Crippen molar-refractivity contribution in [2.75, 3.05) is 0 Å². The molecule has 1 aromatic rings. The number of aromatic nitrogens is 1. The lowest BCUT2D eigenvalue weighted by Gasteiger charge is -2.40. The van der Waals surface area contributed by atoms with Gasteiger partial charge in [-0.3, -0.25) is 0 Å². The van der Waals surface area contributed by atoms with E-state index in [-0.39, 0.29) is 5.54 Å². The zero-order valence-electron chi connectivity index (χ0n) is 10.8. The Hall–Kier alpha value is -1.31. The second-order valence-corrected chi connectivity index (χ2v) is 4.95. The van der Waals surface area contributed by atoms with Crippen molar-refractivity contribution in [3.63, 3.8) is 0 Å². The summed E-state index contributed by atoms with van der Waals surface area (Å²) in [6, 6.07) is 4.15. The lowest BCUT2D eigenvalue weighted by Crippen LogP contribution is -2.35. The molecule has 0 radical (unpaired) electrons. The van der Waals surface area contributed by atoms with Crippen LogP contribution in [0.15, 0.2) is 23.7 Å². The minimum atomic E-state index is 0.238. The van der Waals surface area contributed by atoms with E-state index in [1.807, 2.05) is 6.08 Å². The van der Waals surface area contributed by atoms with E-state index in [4.69, 9.17) is 0 Å². The highest BCUT2D eigenvalue weighted by atomic mass is 15.1. The van der Waals surface area contributed by atoms with Crippen molar-refractivity contribution in [2.24, 2.45) is 4.99 Å². The third-order valence-corrected chi connectivity index (χ3v) is 4.18. The quantitative estimate of drug-likeness (QED) is 0.676. The molecule has 2 nitrogen and oxygen atoms in total. The summed E-state index contributed by atoms with van der Waals surface area (Å²) in [5.41, 5.74) is 1.41. The van der Waals surface area contributed by atoms with Gasteiger partial charge < -0.3 is 4.57 Å². The van der Waals surface area contributed by atoms with Gasteiger partial charge in [0.25, 0.3) is 0 Å². The molecule has 0 spiro atoms. The van der Waals surface area contributed by atoms with E-state index < -0.39 is 0 Å². The molecule has 1 aliphatic rings. The van der Waals surface area contributed by atoms with Gasteiger partial charge in [-0.05, 0) is 44.2 Å². The van der Waals surface area contributed by atoms with Gasteiger partial charge in [-0.1, -0.05) is 32.8 Å². The third-order valence-electron chi connectivity index (χ3n) is 4.18. The molecule has 92 valence electrons. The predicted molar refractivity (Wildman–Crippen MR) is 75.1 cm³/mol. The number of aliphatic imine (C=N–C) groups is 1. The minimum absolute atomic E-state index is 0.238. The fourth-order valence-electron chi connectivity index (χ4n) is 3.19. The molecular formula is C15H22N2. The molecule has 1 fully saturated rings. The lowest BCUT2D eigenvalue weighted by atomic mass is 9.79. The Morgan fingerprint density at radius 2 is 2.06 bits per heavy atom. The number of nitrogens with zero attached hydrogens (tertiary/aromatic N) is 2. The molecule has 1 aliphatic carbocycles. The monoisotopic (exact) mass is 230 g/mol. The summed E-state index contributed by atoms with van der Waals surface area (Å²) in [7, 11) is 0. The van der Waals surface area contributed by atoms with Gasteiger partial charge >= 0.3 is 0 Å². The van der Waals surface area contributed by atoms with Crippen molar-refractivity contribution in [1.29, 1.82) is 0 Å². The SMILES string of the molecule is C=Cc1ccc(N=C)n1C1(CC)CCCCC1. The highest BCUT2D eigenvalue weighted by molar-refractivity contribution is 5.53. The fourth-order valence-corrected chi connectivity index (χ4v) is 3.19. The predicted octanol–water partition coefficient (Wildman–Crippen LogP) is 4.53. The van der Waals surface area contributed by atoms with Crippen LogP contribution in [-0.2, 0) is 5.54 Å². The summed E-state index contributed by atoms with van der Waals surface area (Å²) in [5, 5.41) is 0. The van der Waals surface area contributed by atoms with Crippen LogP contribution in [0, 0.1) is 0 Å².